The van der Waals surface area contributed by atoms with E-state index in [4.69, 9.17) is 4.74 Å². The first-order chi connectivity index (χ1) is 10.7. The molecule has 0 spiro atoms. The fourth-order valence-corrected chi connectivity index (χ4v) is 3.24. The third-order valence-electron chi connectivity index (χ3n) is 3.69. The van der Waals surface area contributed by atoms with Crippen molar-refractivity contribution in [2.24, 2.45) is 0 Å². The van der Waals surface area contributed by atoms with Gasteiger partial charge in [0.05, 0.1) is 13.2 Å². The summed E-state index contributed by atoms with van der Waals surface area (Å²) in [4.78, 5) is 16.8. The normalized spacial score (nSPS) is 15.4. The molecule has 3 nitrogen and oxygen atoms in total. The number of hydrogen-bond donors (Lipinski definition) is 0. The SMILES string of the molecule is Cc1ccc(C=CC(=O)c2ccc(N3CCOCC3)cc2)s1. The number of benzene rings is 1. The number of aryl methyl sites for hydroxylation is 1. The molecule has 0 atom stereocenters. The summed E-state index contributed by atoms with van der Waals surface area (Å²) in [5, 5.41) is 0. The van der Waals surface area contributed by atoms with Crippen molar-refractivity contribution < 1.29 is 9.53 Å². The lowest BCUT2D eigenvalue weighted by Gasteiger charge is -2.28. The van der Waals surface area contributed by atoms with E-state index in [-0.39, 0.29) is 5.78 Å². The number of morpholine rings is 1. The molecule has 0 N–H and O–H groups in total. The molecule has 4 heteroatoms. The van der Waals surface area contributed by atoms with E-state index in [0.29, 0.717) is 0 Å². The van der Waals surface area contributed by atoms with E-state index in [1.54, 1.807) is 17.4 Å². The quantitative estimate of drug-likeness (QED) is 0.635. The van der Waals surface area contributed by atoms with E-state index in [9.17, 15) is 4.79 Å². The van der Waals surface area contributed by atoms with E-state index in [0.717, 1.165) is 42.4 Å². The summed E-state index contributed by atoms with van der Waals surface area (Å²) in [6, 6.07) is 11.9. The van der Waals surface area contributed by atoms with Crippen molar-refractivity contribution in [3.05, 3.63) is 57.8 Å². The Balaban J connectivity index is 1.66. The Bertz CT molecular complexity index is 667. The van der Waals surface area contributed by atoms with Gasteiger partial charge in [0, 0.05) is 34.1 Å². The monoisotopic (exact) mass is 313 g/mol. The lowest BCUT2D eigenvalue weighted by atomic mass is 10.1. The summed E-state index contributed by atoms with van der Waals surface area (Å²) < 4.78 is 5.35. The number of rotatable bonds is 4. The van der Waals surface area contributed by atoms with Crippen LogP contribution < -0.4 is 4.90 Å². The number of anilines is 1. The third-order valence-corrected chi connectivity index (χ3v) is 4.65. The average molecular weight is 313 g/mol. The number of ether oxygens (including phenoxy) is 1. The maximum absolute atomic E-state index is 12.2. The van der Waals surface area contributed by atoms with Gasteiger partial charge in [-0.3, -0.25) is 4.79 Å². The van der Waals surface area contributed by atoms with Crippen molar-refractivity contribution in [2.75, 3.05) is 31.2 Å². The van der Waals surface area contributed by atoms with Gasteiger partial charge in [0.1, 0.15) is 0 Å². The van der Waals surface area contributed by atoms with Gasteiger partial charge in [-0.15, -0.1) is 11.3 Å². The van der Waals surface area contributed by atoms with Crippen molar-refractivity contribution in [1.29, 1.82) is 0 Å². The molecule has 2 heterocycles. The van der Waals surface area contributed by atoms with Crippen LogP contribution in [0.15, 0.2) is 42.5 Å². The van der Waals surface area contributed by atoms with Gasteiger partial charge in [-0.25, -0.2) is 0 Å². The third kappa shape index (κ3) is 3.64. The number of hydrogen-bond acceptors (Lipinski definition) is 4. The first-order valence-electron chi connectivity index (χ1n) is 7.44. The van der Waals surface area contributed by atoms with E-state index in [2.05, 4.69) is 17.9 Å². The number of thiophene rings is 1. The highest BCUT2D eigenvalue weighted by Gasteiger charge is 2.11. The van der Waals surface area contributed by atoms with Gasteiger partial charge in [-0.05, 0) is 55.5 Å². The van der Waals surface area contributed by atoms with Crippen LogP contribution >= 0.6 is 11.3 Å². The highest BCUT2D eigenvalue weighted by molar-refractivity contribution is 7.12. The fourth-order valence-electron chi connectivity index (χ4n) is 2.46. The Morgan fingerprint density at radius 3 is 2.50 bits per heavy atom. The number of carbonyl (C=O) groups excluding carboxylic acids is 1. The van der Waals surface area contributed by atoms with Gasteiger partial charge >= 0.3 is 0 Å². The molecule has 1 aromatic carbocycles. The Labute approximate surface area is 134 Å². The van der Waals surface area contributed by atoms with Crippen molar-refractivity contribution in [3.8, 4) is 0 Å². The van der Waals surface area contributed by atoms with Gasteiger partial charge in [-0.1, -0.05) is 0 Å². The molecule has 114 valence electrons. The van der Waals surface area contributed by atoms with Crippen LogP contribution in [-0.2, 0) is 4.74 Å². The van der Waals surface area contributed by atoms with Gasteiger partial charge in [-0.2, -0.15) is 0 Å². The maximum atomic E-state index is 12.2. The first kappa shape index (κ1) is 15.0. The van der Waals surface area contributed by atoms with Crippen molar-refractivity contribution in [1.82, 2.24) is 0 Å². The largest absolute Gasteiger partial charge is 0.378 e. The van der Waals surface area contributed by atoms with Gasteiger partial charge in [0.25, 0.3) is 0 Å². The summed E-state index contributed by atoms with van der Waals surface area (Å²) >= 11 is 1.69. The van der Waals surface area contributed by atoms with Crippen molar-refractivity contribution >= 4 is 28.9 Å². The van der Waals surface area contributed by atoms with Crippen molar-refractivity contribution in [2.45, 2.75) is 6.92 Å². The summed E-state index contributed by atoms with van der Waals surface area (Å²) in [5.74, 6) is 0.0413. The molecular weight excluding hydrogens is 294 g/mol. The molecule has 0 saturated carbocycles. The van der Waals surface area contributed by atoms with Crippen LogP contribution in [0.4, 0.5) is 5.69 Å². The molecule has 22 heavy (non-hydrogen) atoms. The Hall–Kier alpha value is -1.91. The lowest BCUT2D eigenvalue weighted by Crippen LogP contribution is -2.36. The molecule has 0 unspecified atom stereocenters. The smallest absolute Gasteiger partial charge is 0.185 e. The van der Waals surface area contributed by atoms with Crippen LogP contribution in [0.25, 0.3) is 6.08 Å². The standard InChI is InChI=1S/C18H19NO2S/c1-14-2-7-17(22-14)8-9-18(20)15-3-5-16(6-4-15)19-10-12-21-13-11-19/h2-9H,10-13H2,1H3. The molecule has 2 aromatic rings. The zero-order chi connectivity index (χ0) is 15.4. The molecule has 1 fully saturated rings. The number of nitrogens with zero attached hydrogens (tertiary/aromatic N) is 1. The van der Waals surface area contributed by atoms with E-state index in [1.165, 1.54) is 4.88 Å². The van der Waals surface area contributed by atoms with E-state index in [1.807, 2.05) is 36.4 Å². The second kappa shape index (κ2) is 6.90. The minimum Gasteiger partial charge on any atom is -0.378 e. The van der Waals surface area contributed by atoms with E-state index >= 15 is 0 Å². The number of carbonyl (C=O) groups is 1. The minimum atomic E-state index is 0.0413. The maximum Gasteiger partial charge on any atom is 0.185 e. The van der Waals surface area contributed by atoms with Gasteiger partial charge in [0.15, 0.2) is 5.78 Å². The van der Waals surface area contributed by atoms with Crippen LogP contribution in [0.3, 0.4) is 0 Å². The van der Waals surface area contributed by atoms with Gasteiger partial charge in [0.2, 0.25) is 0 Å². The molecule has 1 aliphatic rings. The summed E-state index contributed by atoms with van der Waals surface area (Å²) in [5.41, 5.74) is 1.87. The summed E-state index contributed by atoms with van der Waals surface area (Å²) in [6.07, 6.45) is 3.53. The van der Waals surface area contributed by atoms with Crippen LogP contribution in [0.5, 0.6) is 0 Å². The van der Waals surface area contributed by atoms with Crippen LogP contribution in [0.1, 0.15) is 20.1 Å². The fraction of sp³-hybridized carbons (Fsp3) is 0.278. The second-order valence-electron chi connectivity index (χ2n) is 5.29. The highest BCUT2D eigenvalue weighted by Crippen LogP contribution is 2.19. The van der Waals surface area contributed by atoms with Crippen LogP contribution in [0.2, 0.25) is 0 Å². The summed E-state index contributed by atoms with van der Waals surface area (Å²) in [7, 11) is 0. The average Bonchev–Trinajstić information content (AvgIpc) is 2.99. The molecule has 0 bridgehead atoms. The number of ketones is 1. The summed E-state index contributed by atoms with van der Waals surface area (Å²) in [6.45, 7) is 5.41. The van der Waals surface area contributed by atoms with E-state index < -0.39 is 0 Å². The predicted molar refractivity (Wildman–Crippen MR) is 91.9 cm³/mol. The molecule has 0 aliphatic carbocycles. The van der Waals surface area contributed by atoms with Crippen molar-refractivity contribution in [3.63, 3.8) is 0 Å². The topological polar surface area (TPSA) is 29.5 Å². The zero-order valence-corrected chi connectivity index (χ0v) is 13.4. The Kier molecular flexibility index (Phi) is 4.71. The molecule has 0 amide bonds. The molecule has 3 rings (SSSR count). The molecule has 1 saturated heterocycles. The van der Waals surface area contributed by atoms with Gasteiger partial charge < -0.3 is 9.64 Å². The zero-order valence-electron chi connectivity index (χ0n) is 12.6. The Morgan fingerprint density at radius 2 is 1.86 bits per heavy atom. The molecule has 1 aliphatic heterocycles. The Morgan fingerprint density at radius 1 is 1.14 bits per heavy atom. The second-order valence-corrected chi connectivity index (χ2v) is 6.61. The number of allylic oxidation sites excluding steroid dienone is 1. The van der Waals surface area contributed by atoms with Crippen LogP contribution in [-0.4, -0.2) is 32.1 Å². The minimum absolute atomic E-state index is 0.0413. The molecule has 0 radical (unpaired) electrons. The predicted octanol–water partition coefficient (Wildman–Crippen LogP) is 3.79. The first-order valence-corrected chi connectivity index (χ1v) is 8.26. The molecule has 1 aromatic heterocycles. The molecular formula is C18H19NO2S. The highest BCUT2D eigenvalue weighted by atomic mass is 32.1. The van der Waals surface area contributed by atoms with Crippen LogP contribution in [0, 0.1) is 6.92 Å². The lowest BCUT2D eigenvalue weighted by molar-refractivity contribution is 0.104.